The average Bonchev–Trinajstić information content (AvgIpc) is 3.39. The second-order valence-electron chi connectivity index (χ2n) is 7.43. The van der Waals surface area contributed by atoms with Gasteiger partial charge >= 0.3 is 0 Å². The van der Waals surface area contributed by atoms with Gasteiger partial charge in [-0.1, -0.05) is 0 Å². The molecular weight excluding hydrogens is 394 g/mol. The summed E-state index contributed by atoms with van der Waals surface area (Å²) in [5, 5.41) is 4.51. The molecule has 1 amide bonds. The van der Waals surface area contributed by atoms with Crippen molar-refractivity contribution in [3.05, 3.63) is 53.9 Å². The van der Waals surface area contributed by atoms with Gasteiger partial charge in [-0.15, -0.1) is 0 Å². The number of benzene rings is 2. The summed E-state index contributed by atoms with van der Waals surface area (Å²) in [5.41, 5.74) is 3.43. The van der Waals surface area contributed by atoms with Crippen molar-refractivity contribution in [2.45, 2.75) is 13.3 Å². The molecule has 0 spiro atoms. The molecule has 1 aliphatic heterocycles. The number of ether oxygens (including phenoxy) is 3. The van der Waals surface area contributed by atoms with E-state index in [-0.39, 0.29) is 5.91 Å². The van der Waals surface area contributed by atoms with Crippen molar-refractivity contribution in [2.75, 3.05) is 20.3 Å². The molecule has 0 aliphatic carbocycles. The van der Waals surface area contributed by atoms with E-state index in [4.69, 9.17) is 14.2 Å². The van der Waals surface area contributed by atoms with Crippen molar-refractivity contribution in [3.8, 4) is 23.0 Å². The Labute approximate surface area is 179 Å². The van der Waals surface area contributed by atoms with Gasteiger partial charge in [0.2, 0.25) is 0 Å². The maximum Gasteiger partial charge on any atom is 0.253 e. The molecule has 3 heterocycles. The highest BCUT2D eigenvalue weighted by molar-refractivity contribution is 6.07. The van der Waals surface area contributed by atoms with Crippen molar-refractivity contribution in [1.82, 2.24) is 14.9 Å². The molecule has 4 aromatic rings. The summed E-state index contributed by atoms with van der Waals surface area (Å²) >= 11 is 0. The number of nitrogens with one attached hydrogen (secondary N) is 1. The van der Waals surface area contributed by atoms with Crippen molar-refractivity contribution < 1.29 is 19.0 Å². The van der Waals surface area contributed by atoms with Crippen LogP contribution in [-0.2, 0) is 13.5 Å². The minimum atomic E-state index is -0.111. The highest BCUT2D eigenvalue weighted by Crippen LogP contribution is 2.44. The standard InChI is InChI=1S/C24H23N3O4/c1-4-29-21-12-18-22(16-8-10-30-23(16)21)20(7-9-26-18)31-14-5-6-15-17(24(28)25-2)13-27(3)19(15)11-14/h5-7,9,11-13H,4,8,10H2,1-3H3,(H,25,28). The number of nitrogens with zero attached hydrogens (tertiary/aromatic N) is 2. The van der Waals surface area contributed by atoms with Gasteiger partial charge in [-0.2, -0.15) is 0 Å². The zero-order chi connectivity index (χ0) is 21.5. The fourth-order valence-corrected chi connectivity index (χ4v) is 4.19. The number of carbonyl (C=O) groups excluding carboxylic acids is 1. The Morgan fingerprint density at radius 2 is 2.13 bits per heavy atom. The van der Waals surface area contributed by atoms with E-state index in [1.54, 1.807) is 13.2 Å². The Morgan fingerprint density at radius 3 is 2.94 bits per heavy atom. The Hall–Kier alpha value is -3.74. The Balaban J connectivity index is 1.60. The van der Waals surface area contributed by atoms with Crippen LogP contribution in [0.3, 0.4) is 0 Å². The summed E-state index contributed by atoms with van der Waals surface area (Å²) in [4.78, 5) is 16.7. The number of pyridine rings is 1. The normalized spacial score (nSPS) is 12.6. The van der Waals surface area contributed by atoms with Crippen LogP contribution < -0.4 is 19.5 Å². The highest BCUT2D eigenvalue weighted by Gasteiger charge is 2.24. The maximum absolute atomic E-state index is 12.2. The van der Waals surface area contributed by atoms with E-state index in [2.05, 4.69) is 10.3 Å². The zero-order valence-electron chi connectivity index (χ0n) is 17.7. The lowest BCUT2D eigenvalue weighted by atomic mass is 10.0. The first kappa shape index (κ1) is 19.2. The molecule has 0 unspecified atom stereocenters. The van der Waals surface area contributed by atoms with Gasteiger partial charge in [-0.25, -0.2) is 0 Å². The first-order chi connectivity index (χ1) is 15.1. The van der Waals surface area contributed by atoms with Gasteiger partial charge in [0.25, 0.3) is 5.91 Å². The quantitative estimate of drug-likeness (QED) is 0.527. The van der Waals surface area contributed by atoms with Crippen molar-refractivity contribution in [3.63, 3.8) is 0 Å². The molecule has 1 aliphatic rings. The van der Waals surface area contributed by atoms with E-state index in [9.17, 15) is 4.79 Å². The van der Waals surface area contributed by atoms with E-state index in [0.29, 0.717) is 24.5 Å². The second-order valence-corrected chi connectivity index (χ2v) is 7.43. The Bertz CT molecular complexity index is 1330. The van der Waals surface area contributed by atoms with Gasteiger partial charge in [0, 0.05) is 56.0 Å². The van der Waals surface area contributed by atoms with E-state index in [1.165, 1.54) is 0 Å². The fourth-order valence-electron chi connectivity index (χ4n) is 4.19. The van der Waals surface area contributed by atoms with Crippen LogP contribution in [-0.4, -0.2) is 35.7 Å². The van der Waals surface area contributed by atoms with Crippen LogP contribution in [0.2, 0.25) is 0 Å². The topological polar surface area (TPSA) is 74.6 Å². The molecule has 0 fully saturated rings. The molecule has 0 saturated carbocycles. The highest BCUT2D eigenvalue weighted by atomic mass is 16.5. The molecule has 31 heavy (non-hydrogen) atoms. The van der Waals surface area contributed by atoms with Crippen LogP contribution in [0.5, 0.6) is 23.0 Å². The molecule has 0 atom stereocenters. The van der Waals surface area contributed by atoms with Crippen LogP contribution in [0.25, 0.3) is 21.8 Å². The summed E-state index contributed by atoms with van der Waals surface area (Å²) in [6.07, 6.45) is 4.34. The molecule has 2 aromatic carbocycles. The van der Waals surface area contributed by atoms with Gasteiger partial charge in [0.15, 0.2) is 11.5 Å². The number of rotatable bonds is 5. The third kappa shape index (κ3) is 3.13. The van der Waals surface area contributed by atoms with Crippen LogP contribution >= 0.6 is 0 Å². The van der Waals surface area contributed by atoms with Gasteiger partial charge < -0.3 is 24.1 Å². The first-order valence-electron chi connectivity index (χ1n) is 10.3. The van der Waals surface area contributed by atoms with Gasteiger partial charge in [0.05, 0.1) is 35.2 Å². The molecule has 1 N–H and O–H groups in total. The Kier molecular flexibility index (Phi) is 4.66. The van der Waals surface area contributed by atoms with Crippen LogP contribution in [0.15, 0.2) is 42.7 Å². The molecule has 0 saturated heterocycles. The van der Waals surface area contributed by atoms with Crippen molar-refractivity contribution in [2.24, 2.45) is 7.05 Å². The lowest BCUT2D eigenvalue weighted by molar-refractivity contribution is 0.0964. The van der Waals surface area contributed by atoms with Crippen LogP contribution in [0.1, 0.15) is 22.8 Å². The molecule has 7 nitrogen and oxygen atoms in total. The monoisotopic (exact) mass is 417 g/mol. The van der Waals surface area contributed by atoms with Crippen molar-refractivity contribution in [1.29, 1.82) is 0 Å². The maximum atomic E-state index is 12.2. The summed E-state index contributed by atoms with van der Waals surface area (Å²) in [6.45, 7) is 3.13. The number of carbonyl (C=O) groups is 1. The predicted molar refractivity (Wildman–Crippen MR) is 118 cm³/mol. The Morgan fingerprint density at radius 1 is 1.26 bits per heavy atom. The van der Waals surface area contributed by atoms with Crippen LogP contribution in [0, 0.1) is 0 Å². The number of aryl methyl sites for hydroxylation is 1. The minimum Gasteiger partial charge on any atom is -0.490 e. The molecule has 0 bridgehead atoms. The third-order valence-corrected chi connectivity index (χ3v) is 5.57. The molecule has 158 valence electrons. The number of aromatic nitrogens is 2. The first-order valence-corrected chi connectivity index (χ1v) is 10.3. The molecule has 2 aromatic heterocycles. The number of hydrogen-bond donors (Lipinski definition) is 1. The van der Waals surface area contributed by atoms with E-state index < -0.39 is 0 Å². The molecular formula is C24H23N3O4. The second kappa shape index (κ2) is 7.50. The molecule has 0 radical (unpaired) electrons. The van der Waals surface area contributed by atoms with Crippen molar-refractivity contribution >= 4 is 27.7 Å². The number of fused-ring (bicyclic) bond motifs is 4. The lowest BCUT2D eigenvalue weighted by Gasteiger charge is -2.14. The van der Waals surface area contributed by atoms with E-state index in [0.717, 1.165) is 51.0 Å². The van der Waals surface area contributed by atoms with Gasteiger partial charge in [0.1, 0.15) is 11.5 Å². The van der Waals surface area contributed by atoms with Gasteiger partial charge in [-0.05, 0) is 25.1 Å². The summed E-state index contributed by atoms with van der Waals surface area (Å²) in [7, 11) is 3.55. The SMILES string of the molecule is CCOc1cc2nccc(Oc3ccc4c(C(=O)NC)cn(C)c4c3)c2c2c1OCC2. The zero-order valence-corrected chi connectivity index (χ0v) is 17.7. The lowest BCUT2D eigenvalue weighted by Crippen LogP contribution is -2.17. The average molecular weight is 417 g/mol. The number of amides is 1. The summed E-state index contributed by atoms with van der Waals surface area (Å²) in [5.74, 6) is 2.79. The largest absolute Gasteiger partial charge is 0.490 e. The smallest absolute Gasteiger partial charge is 0.253 e. The van der Waals surface area contributed by atoms with E-state index >= 15 is 0 Å². The summed E-state index contributed by atoms with van der Waals surface area (Å²) in [6, 6.07) is 9.52. The summed E-state index contributed by atoms with van der Waals surface area (Å²) < 4.78 is 19.9. The molecule has 5 rings (SSSR count). The number of hydrogen-bond acceptors (Lipinski definition) is 5. The predicted octanol–water partition coefficient (Wildman–Crippen LogP) is 4.21. The fraction of sp³-hybridized carbons (Fsp3) is 0.250. The minimum absolute atomic E-state index is 0.111. The third-order valence-electron chi connectivity index (χ3n) is 5.57. The van der Waals surface area contributed by atoms with Gasteiger partial charge in [-0.3, -0.25) is 9.78 Å². The van der Waals surface area contributed by atoms with Crippen LogP contribution in [0.4, 0.5) is 0 Å². The van der Waals surface area contributed by atoms with E-state index in [1.807, 2.05) is 55.1 Å². The molecule has 7 heteroatoms.